The van der Waals surface area contributed by atoms with Gasteiger partial charge in [-0.2, -0.15) is 0 Å². The standard InChI is InChI=1S/C24H26FN5O3S/c25-20-7-5-18(6-8-20)22-11-12-23(29-28-22)30-15-1-2-19(16-30)24(31)27-14-13-17-3-9-21(10-4-17)34(26,32)33/h3-12,19H,1-2,13-16H2,(H,27,31)(H2,26,32,33)/t19-/m1/s1. The molecule has 1 aliphatic heterocycles. The van der Waals surface area contributed by atoms with Gasteiger partial charge in [0.25, 0.3) is 0 Å². The lowest BCUT2D eigenvalue weighted by atomic mass is 9.97. The summed E-state index contributed by atoms with van der Waals surface area (Å²) < 4.78 is 35.8. The number of amides is 1. The minimum Gasteiger partial charge on any atom is -0.355 e. The molecule has 1 fully saturated rings. The first-order chi connectivity index (χ1) is 16.3. The van der Waals surface area contributed by atoms with Crippen molar-refractivity contribution >= 4 is 21.7 Å². The fourth-order valence-corrected chi connectivity index (χ4v) is 4.50. The Morgan fingerprint density at radius 2 is 1.79 bits per heavy atom. The summed E-state index contributed by atoms with van der Waals surface area (Å²) in [5.41, 5.74) is 2.36. The second-order valence-electron chi connectivity index (χ2n) is 8.30. The van der Waals surface area contributed by atoms with Crippen LogP contribution in [0, 0.1) is 11.7 Å². The number of carbonyl (C=O) groups is 1. The third-order valence-electron chi connectivity index (χ3n) is 5.87. The van der Waals surface area contributed by atoms with Crippen molar-refractivity contribution in [2.45, 2.75) is 24.2 Å². The molecule has 3 aromatic rings. The Kier molecular flexibility index (Phi) is 7.18. The number of rotatable bonds is 7. The van der Waals surface area contributed by atoms with Crippen LogP contribution in [0.2, 0.25) is 0 Å². The van der Waals surface area contributed by atoms with Gasteiger partial charge in [0.2, 0.25) is 15.9 Å². The number of anilines is 1. The number of hydrogen-bond donors (Lipinski definition) is 2. The smallest absolute Gasteiger partial charge is 0.238 e. The molecular weight excluding hydrogens is 457 g/mol. The number of sulfonamides is 1. The Labute approximate surface area is 198 Å². The van der Waals surface area contributed by atoms with E-state index < -0.39 is 10.0 Å². The average Bonchev–Trinajstić information content (AvgIpc) is 2.84. The zero-order valence-corrected chi connectivity index (χ0v) is 19.3. The molecule has 1 aliphatic rings. The second kappa shape index (κ2) is 10.3. The summed E-state index contributed by atoms with van der Waals surface area (Å²) >= 11 is 0. The lowest BCUT2D eigenvalue weighted by Gasteiger charge is -2.32. The Hall–Kier alpha value is -3.37. The number of nitrogens with one attached hydrogen (secondary N) is 1. The van der Waals surface area contributed by atoms with Crippen molar-refractivity contribution in [2.75, 3.05) is 24.5 Å². The van der Waals surface area contributed by atoms with Crippen LogP contribution in [0.5, 0.6) is 0 Å². The van der Waals surface area contributed by atoms with Crippen LogP contribution in [0.1, 0.15) is 18.4 Å². The van der Waals surface area contributed by atoms with E-state index in [1.165, 1.54) is 24.3 Å². The van der Waals surface area contributed by atoms with Gasteiger partial charge in [0, 0.05) is 25.2 Å². The van der Waals surface area contributed by atoms with Gasteiger partial charge in [-0.05, 0) is 73.4 Å². The van der Waals surface area contributed by atoms with E-state index in [9.17, 15) is 17.6 Å². The first-order valence-electron chi connectivity index (χ1n) is 11.0. The van der Waals surface area contributed by atoms with Crippen LogP contribution in [-0.4, -0.2) is 44.2 Å². The molecule has 178 valence electrons. The predicted octanol–water partition coefficient (Wildman–Crippen LogP) is 2.51. The number of hydrogen-bond acceptors (Lipinski definition) is 6. The zero-order chi connectivity index (χ0) is 24.1. The highest BCUT2D eigenvalue weighted by Crippen LogP contribution is 2.23. The minimum atomic E-state index is -3.71. The lowest BCUT2D eigenvalue weighted by molar-refractivity contribution is -0.125. The molecule has 3 N–H and O–H groups in total. The van der Waals surface area contributed by atoms with E-state index in [0.717, 1.165) is 30.5 Å². The van der Waals surface area contributed by atoms with Gasteiger partial charge in [-0.25, -0.2) is 17.9 Å². The van der Waals surface area contributed by atoms with Gasteiger partial charge in [0.05, 0.1) is 16.5 Å². The fraction of sp³-hybridized carbons (Fsp3) is 0.292. The first-order valence-corrected chi connectivity index (χ1v) is 12.6. The normalized spacial score (nSPS) is 16.3. The van der Waals surface area contributed by atoms with Gasteiger partial charge in [-0.3, -0.25) is 4.79 Å². The van der Waals surface area contributed by atoms with E-state index in [-0.39, 0.29) is 22.5 Å². The Balaban J connectivity index is 1.30. The van der Waals surface area contributed by atoms with E-state index in [1.807, 2.05) is 12.1 Å². The molecule has 2 aromatic carbocycles. The van der Waals surface area contributed by atoms with Gasteiger partial charge in [0.1, 0.15) is 5.82 Å². The van der Waals surface area contributed by atoms with Crippen LogP contribution in [0.15, 0.2) is 65.6 Å². The maximum Gasteiger partial charge on any atom is 0.238 e. The molecule has 4 rings (SSSR count). The van der Waals surface area contributed by atoms with Crippen molar-refractivity contribution in [1.82, 2.24) is 15.5 Å². The third kappa shape index (κ3) is 5.95. The highest BCUT2D eigenvalue weighted by atomic mass is 32.2. The number of nitrogens with two attached hydrogens (primary N) is 1. The zero-order valence-electron chi connectivity index (χ0n) is 18.5. The summed E-state index contributed by atoms with van der Waals surface area (Å²) in [6, 6.07) is 16.1. The van der Waals surface area contributed by atoms with Gasteiger partial charge in [-0.1, -0.05) is 12.1 Å². The molecule has 0 bridgehead atoms. The van der Waals surface area contributed by atoms with Gasteiger partial charge >= 0.3 is 0 Å². The number of aromatic nitrogens is 2. The molecule has 1 saturated heterocycles. The van der Waals surface area contributed by atoms with Crippen molar-refractivity contribution < 1.29 is 17.6 Å². The van der Waals surface area contributed by atoms with Crippen molar-refractivity contribution in [3.8, 4) is 11.3 Å². The summed E-state index contributed by atoms with van der Waals surface area (Å²) in [7, 11) is -3.71. The van der Waals surface area contributed by atoms with Crippen LogP contribution in [0.4, 0.5) is 10.2 Å². The van der Waals surface area contributed by atoms with E-state index >= 15 is 0 Å². The van der Waals surface area contributed by atoms with Gasteiger partial charge in [0.15, 0.2) is 5.82 Å². The molecule has 1 atom stereocenters. The van der Waals surface area contributed by atoms with Gasteiger partial charge < -0.3 is 10.2 Å². The van der Waals surface area contributed by atoms with Gasteiger partial charge in [-0.15, -0.1) is 10.2 Å². The Morgan fingerprint density at radius 1 is 1.06 bits per heavy atom. The molecule has 8 nitrogen and oxygen atoms in total. The average molecular weight is 484 g/mol. The summed E-state index contributed by atoms with van der Waals surface area (Å²) in [4.78, 5) is 14.8. The summed E-state index contributed by atoms with van der Waals surface area (Å²) in [5.74, 6) is 0.239. The van der Waals surface area contributed by atoms with Crippen molar-refractivity contribution in [3.63, 3.8) is 0 Å². The molecule has 0 aliphatic carbocycles. The molecule has 2 heterocycles. The van der Waals surface area contributed by atoms with Crippen LogP contribution in [-0.2, 0) is 21.2 Å². The number of benzene rings is 2. The maximum atomic E-state index is 13.1. The number of carbonyl (C=O) groups excluding carboxylic acids is 1. The van der Waals surface area contributed by atoms with Crippen LogP contribution >= 0.6 is 0 Å². The molecule has 34 heavy (non-hydrogen) atoms. The predicted molar refractivity (Wildman–Crippen MR) is 127 cm³/mol. The molecule has 0 unspecified atom stereocenters. The second-order valence-corrected chi connectivity index (χ2v) is 9.86. The Bertz CT molecular complexity index is 1230. The van der Waals surface area contributed by atoms with E-state index in [0.29, 0.717) is 31.0 Å². The number of nitrogens with zero attached hydrogens (tertiary/aromatic N) is 3. The molecule has 0 radical (unpaired) electrons. The van der Waals surface area contributed by atoms with E-state index in [4.69, 9.17) is 5.14 Å². The molecule has 0 spiro atoms. The molecule has 0 saturated carbocycles. The number of halogens is 1. The topological polar surface area (TPSA) is 118 Å². The van der Waals surface area contributed by atoms with Crippen LogP contribution in [0.3, 0.4) is 0 Å². The summed E-state index contributed by atoms with van der Waals surface area (Å²) in [6.45, 7) is 1.81. The maximum absolute atomic E-state index is 13.1. The Morgan fingerprint density at radius 3 is 2.44 bits per heavy atom. The third-order valence-corrected chi connectivity index (χ3v) is 6.80. The van der Waals surface area contributed by atoms with E-state index in [2.05, 4.69) is 20.4 Å². The van der Waals surface area contributed by atoms with E-state index in [1.54, 1.807) is 24.3 Å². The summed E-state index contributed by atoms with van der Waals surface area (Å²) in [5, 5.41) is 16.7. The van der Waals surface area contributed by atoms with Crippen molar-refractivity contribution in [3.05, 3.63) is 72.0 Å². The highest BCUT2D eigenvalue weighted by molar-refractivity contribution is 7.89. The largest absolute Gasteiger partial charge is 0.355 e. The summed E-state index contributed by atoms with van der Waals surface area (Å²) in [6.07, 6.45) is 2.25. The molecule has 10 heteroatoms. The minimum absolute atomic E-state index is 0.0123. The lowest BCUT2D eigenvalue weighted by Crippen LogP contribution is -2.43. The number of piperidine rings is 1. The van der Waals surface area contributed by atoms with Crippen molar-refractivity contribution in [2.24, 2.45) is 11.1 Å². The monoisotopic (exact) mass is 483 g/mol. The van der Waals surface area contributed by atoms with Crippen LogP contribution in [0.25, 0.3) is 11.3 Å². The molecule has 1 aromatic heterocycles. The highest BCUT2D eigenvalue weighted by Gasteiger charge is 2.26. The van der Waals surface area contributed by atoms with Crippen LogP contribution < -0.4 is 15.4 Å². The SMILES string of the molecule is NS(=O)(=O)c1ccc(CCNC(=O)[C@@H]2CCCN(c3ccc(-c4ccc(F)cc4)nn3)C2)cc1. The quantitative estimate of drug-likeness (QED) is 0.533. The number of primary sulfonamides is 1. The first kappa shape index (κ1) is 23.8. The molecule has 1 amide bonds. The fourth-order valence-electron chi connectivity index (χ4n) is 3.99. The molecular formula is C24H26FN5O3S. The van der Waals surface area contributed by atoms with Crippen molar-refractivity contribution in [1.29, 1.82) is 0 Å².